The lowest BCUT2D eigenvalue weighted by atomic mass is 10.2. The van der Waals surface area contributed by atoms with Gasteiger partial charge in [-0.15, -0.1) is 0 Å². The molecule has 2 aliphatic rings. The molecule has 2 N–H and O–H groups in total. The Labute approximate surface area is 108 Å². The molecule has 4 heteroatoms. The highest BCUT2D eigenvalue weighted by atomic mass is 16.5. The number of benzene rings is 1. The molecule has 1 saturated heterocycles. The molecular formula is C14H20N2O2. The molecule has 1 fully saturated rings. The molecule has 18 heavy (non-hydrogen) atoms. The van der Waals surface area contributed by atoms with Crippen LogP contribution in [0, 0.1) is 0 Å². The van der Waals surface area contributed by atoms with Crippen molar-refractivity contribution in [2.45, 2.75) is 25.4 Å². The number of fused-ring (bicyclic) bond motifs is 1. The van der Waals surface area contributed by atoms with Gasteiger partial charge in [0.2, 0.25) is 0 Å². The van der Waals surface area contributed by atoms with E-state index < -0.39 is 0 Å². The van der Waals surface area contributed by atoms with E-state index in [0.29, 0.717) is 6.04 Å². The third-order valence-corrected chi connectivity index (χ3v) is 3.53. The zero-order chi connectivity index (χ0) is 12.4. The van der Waals surface area contributed by atoms with Gasteiger partial charge in [0.1, 0.15) is 0 Å². The highest BCUT2D eigenvalue weighted by Crippen LogP contribution is 2.31. The zero-order valence-electron chi connectivity index (χ0n) is 10.6. The van der Waals surface area contributed by atoms with Crippen LogP contribution in [0.2, 0.25) is 0 Å². The van der Waals surface area contributed by atoms with E-state index in [1.54, 1.807) is 0 Å². The quantitative estimate of drug-likeness (QED) is 0.859. The molecule has 0 aliphatic carbocycles. The lowest BCUT2D eigenvalue weighted by Crippen LogP contribution is -2.26. The van der Waals surface area contributed by atoms with Gasteiger partial charge in [-0.25, -0.2) is 0 Å². The first kappa shape index (κ1) is 11.8. The third-order valence-electron chi connectivity index (χ3n) is 3.53. The maximum absolute atomic E-state index is 5.92. The second kappa shape index (κ2) is 5.16. The number of likely N-dealkylation sites (tertiary alicyclic amines) is 1. The van der Waals surface area contributed by atoms with Crippen molar-refractivity contribution in [1.29, 1.82) is 0 Å². The minimum atomic E-state index is 0.338. The summed E-state index contributed by atoms with van der Waals surface area (Å²) in [6.45, 7) is 4.52. The monoisotopic (exact) mass is 248 g/mol. The predicted octanol–water partition coefficient (Wildman–Crippen LogP) is 1.38. The second-order valence-corrected chi connectivity index (χ2v) is 5.12. The largest absolute Gasteiger partial charge is 0.490 e. The van der Waals surface area contributed by atoms with Gasteiger partial charge in [0.15, 0.2) is 11.5 Å². The molecule has 2 heterocycles. The van der Waals surface area contributed by atoms with Crippen LogP contribution in [0.25, 0.3) is 0 Å². The summed E-state index contributed by atoms with van der Waals surface area (Å²) in [5.41, 5.74) is 7.20. The summed E-state index contributed by atoms with van der Waals surface area (Å²) in [6.07, 6.45) is 2.05. The Morgan fingerprint density at radius 1 is 1.22 bits per heavy atom. The van der Waals surface area contributed by atoms with Crippen molar-refractivity contribution in [2.24, 2.45) is 5.73 Å². The smallest absolute Gasteiger partial charge is 0.161 e. The van der Waals surface area contributed by atoms with Crippen LogP contribution in [0.1, 0.15) is 18.4 Å². The molecule has 4 nitrogen and oxygen atoms in total. The van der Waals surface area contributed by atoms with Crippen molar-refractivity contribution in [1.82, 2.24) is 4.90 Å². The van der Waals surface area contributed by atoms with Gasteiger partial charge >= 0.3 is 0 Å². The van der Waals surface area contributed by atoms with Crippen LogP contribution in [0.15, 0.2) is 18.2 Å². The summed E-state index contributed by atoms with van der Waals surface area (Å²) in [7, 11) is 0. The van der Waals surface area contributed by atoms with Crippen LogP contribution in [0.3, 0.4) is 0 Å². The number of hydrogen-bond acceptors (Lipinski definition) is 4. The molecule has 0 radical (unpaired) electrons. The van der Waals surface area contributed by atoms with Crippen LogP contribution < -0.4 is 15.2 Å². The van der Waals surface area contributed by atoms with E-state index in [1.165, 1.54) is 5.56 Å². The fourth-order valence-electron chi connectivity index (χ4n) is 2.57. The Morgan fingerprint density at radius 2 is 2.06 bits per heavy atom. The molecule has 0 saturated carbocycles. The number of ether oxygens (including phenoxy) is 2. The van der Waals surface area contributed by atoms with Crippen molar-refractivity contribution < 1.29 is 9.47 Å². The first-order valence-corrected chi connectivity index (χ1v) is 6.68. The van der Waals surface area contributed by atoms with Gasteiger partial charge in [-0.3, -0.25) is 4.90 Å². The van der Waals surface area contributed by atoms with Gasteiger partial charge in [0.05, 0.1) is 13.2 Å². The van der Waals surface area contributed by atoms with Gasteiger partial charge in [0.25, 0.3) is 0 Å². The summed E-state index contributed by atoms with van der Waals surface area (Å²) in [6, 6.07) is 6.58. The third kappa shape index (κ3) is 2.60. The van der Waals surface area contributed by atoms with Crippen molar-refractivity contribution >= 4 is 0 Å². The minimum Gasteiger partial charge on any atom is -0.490 e. The van der Waals surface area contributed by atoms with Gasteiger partial charge < -0.3 is 15.2 Å². The normalized spacial score (nSPS) is 23.9. The average molecular weight is 248 g/mol. The van der Waals surface area contributed by atoms with E-state index in [2.05, 4.69) is 17.0 Å². The fourth-order valence-corrected chi connectivity index (χ4v) is 2.57. The van der Waals surface area contributed by atoms with E-state index in [9.17, 15) is 0 Å². The first-order valence-electron chi connectivity index (χ1n) is 6.68. The maximum Gasteiger partial charge on any atom is 0.161 e. The fraction of sp³-hybridized carbons (Fsp3) is 0.571. The molecule has 98 valence electrons. The molecule has 0 bridgehead atoms. The molecule has 2 aliphatic heterocycles. The van der Waals surface area contributed by atoms with Crippen molar-refractivity contribution in [2.75, 3.05) is 26.3 Å². The van der Waals surface area contributed by atoms with Crippen LogP contribution in [0.4, 0.5) is 0 Å². The van der Waals surface area contributed by atoms with Crippen LogP contribution >= 0.6 is 0 Å². The molecular weight excluding hydrogens is 228 g/mol. The van der Waals surface area contributed by atoms with Crippen molar-refractivity contribution in [3.8, 4) is 11.5 Å². The minimum absolute atomic E-state index is 0.338. The molecule has 1 unspecified atom stereocenters. The van der Waals surface area contributed by atoms with Crippen LogP contribution in [-0.4, -0.2) is 37.2 Å². The molecule has 1 aromatic carbocycles. The number of rotatable bonds is 2. The van der Waals surface area contributed by atoms with Crippen molar-refractivity contribution in [3.63, 3.8) is 0 Å². The van der Waals surface area contributed by atoms with E-state index in [4.69, 9.17) is 15.2 Å². The molecule has 0 amide bonds. The molecule has 1 aromatic rings. The van der Waals surface area contributed by atoms with Crippen molar-refractivity contribution in [3.05, 3.63) is 23.8 Å². The number of nitrogens with zero attached hydrogens (tertiary/aromatic N) is 1. The van der Waals surface area contributed by atoms with Gasteiger partial charge in [-0.1, -0.05) is 6.07 Å². The topological polar surface area (TPSA) is 47.7 Å². The Hall–Kier alpha value is -1.26. The number of hydrogen-bond donors (Lipinski definition) is 1. The highest BCUT2D eigenvalue weighted by molar-refractivity contribution is 5.43. The van der Waals surface area contributed by atoms with Gasteiger partial charge in [-0.05, 0) is 24.1 Å². The summed E-state index contributed by atoms with van der Waals surface area (Å²) in [5.74, 6) is 1.75. The lowest BCUT2D eigenvalue weighted by molar-refractivity contribution is 0.296. The molecule has 3 rings (SSSR count). The Morgan fingerprint density at radius 3 is 2.83 bits per heavy atom. The van der Waals surface area contributed by atoms with Crippen LogP contribution in [-0.2, 0) is 6.54 Å². The first-order chi connectivity index (χ1) is 8.81. The second-order valence-electron chi connectivity index (χ2n) is 5.12. The zero-order valence-corrected chi connectivity index (χ0v) is 10.6. The summed E-state index contributed by atoms with van der Waals surface area (Å²) >= 11 is 0. The van der Waals surface area contributed by atoms with E-state index in [-0.39, 0.29) is 0 Å². The molecule has 1 atom stereocenters. The van der Waals surface area contributed by atoms with E-state index in [1.807, 2.05) is 6.07 Å². The standard InChI is InChI=1S/C14H20N2O2/c15-12-4-5-16(10-12)9-11-2-3-13-14(8-11)18-7-1-6-17-13/h2-3,8,12H,1,4-7,9-10,15H2. The lowest BCUT2D eigenvalue weighted by Gasteiger charge is -2.16. The molecule has 0 aromatic heterocycles. The average Bonchev–Trinajstić information content (AvgIpc) is 2.64. The Kier molecular flexibility index (Phi) is 3.39. The van der Waals surface area contributed by atoms with E-state index >= 15 is 0 Å². The van der Waals surface area contributed by atoms with Crippen LogP contribution in [0.5, 0.6) is 11.5 Å². The summed E-state index contributed by atoms with van der Waals surface area (Å²) < 4.78 is 11.3. The Balaban J connectivity index is 1.71. The summed E-state index contributed by atoms with van der Waals surface area (Å²) in [4.78, 5) is 2.39. The Bertz CT molecular complexity index is 422. The number of nitrogens with two attached hydrogens (primary N) is 1. The highest BCUT2D eigenvalue weighted by Gasteiger charge is 2.19. The SMILES string of the molecule is NC1CCN(Cc2ccc3c(c2)OCCCO3)C1. The van der Waals surface area contributed by atoms with Gasteiger partial charge in [-0.2, -0.15) is 0 Å². The molecule has 0 spiro atoms. The summed E-state index contributed by atoms with van der Waals surface area (Å²) in [5, 5.41) is 0. The maximum atomic E-state index is 5.92. The van der Waals surface area contributed by atoms with E-state index in [0.717, 1.165) is 57.2 Å². The van der Waals surface area contributed by atoms with Gasteiger partial charge in [0, 0.05) is 32.1 Å². The predicted molar refractivity (Wildman–Crippen MR) is 69.9 cm³/mol.